The average Bonchev–Trinajstić information content (AvgIpc) is 3.15. The molecule has 238 valence electrons. The van der Waals surface area contributed by atoms with Gasteiger partial charge >= 0.3 is 0 Å². The van der Waals surface area contributed by atoms with Gasteiger partial charge in [0.25, 0.3) is 0 Å². The van der Waals surface area contributed by atoms with Gasteiger partial charge in [0.15, 0.2) is 0 Å². The van der Waals surface area contributed by atoms with E-state index in [0.29, 0.717) is 0 Å². The lowest BCUT2D eigenvalue weighted by atomic mass is 9.95. The Balaban J connectivity index is 1.16. The largest absolute Gasteiger partial charge is 0.245 e. The molecular weight excluding hydrogens is 609 g/mol. The molecule has 0 saturated carbocycles. The Morgan fingerprint density at radius 2 is 0.700 bits per heavy atom. The van der Waals surface area contributed by atoms with Crippen LogP contribution in [0.2, 0.25) is 0 Å². The summed E-state index contributed by atoms with van der Waals surface area (Å²) in [5, 5.41) is 4.41. The second kappa shape index (κ2) is 11.7. The molecule has 4 heterocycles. The van der Waals surface area contributed by atoms with Gasteiger partial charge in [-0.25, -0.2) is 19.9 Å². The maximum absolute atomic E-state index is 5.28. The van der Waals surface area contributed by atoms with E-state index in [1.807, 2.05) is 12.1 Å². The van der Waals surface area contributed by atoms with Gasteiger partial charge in [-0.3, -0.25) is 0 Å². The molecule has 0 spiro atoms. The Kier molecular flexibility index (Phi) is 6.99. The van der Waals surface area contributed by atoms with Crippen LogP contribution in [0.1, 0.15) is 22.3 Å². The van der Waals surface area contributed by atoms with Crippen LogP contribution in [0.4, 0.5) is 0 Å². The first-order valence-electron chi connectivity index (χ1n) is 17.1. The van der Waals surface area contributed by atoms with Crippen molar-refractivity contribution >= 4 is 43.6 Å². The number of nitrogens with zero attached hydrogens (tertiary/aromatic N) is 4. The number of pyridine rings is 4. The maximum Gasteiger partial charge on any atom is 0.0975 e. The van der Waals surface area contributed by atoms with Gasteiger partial charge in [-0.1, -0.05) is 97.1 Å². The van der Waals surface area contributed by atoms with E-state index in [9.17, 15) is 0 Å². The van der Waals surface area contributed by atoms with Crippen LogP contribution in [0.5, 0.6) is 0 Å². The summed E-state index contributed by atoms with van der Waals surface area (Å²) >= 11 is 0. The van der Waals surface area contributed by atoms with Gasteiger partial charge in [0.05, 0.1) is 44.8 Å². The normalized spacial score (nSPS) is 11.6. The second-order valence-electron chi connectivity index (χ2n) is 13.3. The van der Waals surface area contributed by atoms with E-state index in [1.54, 1.807) is 0 Å². The van der Waals surface area contributed by atoms with Gasteiger partial charge in [-0.15, -0.1) is 0 Å². The van der Waals surface area contributed by atoms with Crippen LogP contribution in [-0.2, 0) is 0 Å². The molecular formula is C46H34N4. The van der Waals surface area contributed by atoms with Crippen LogP contribution in [0.3, 0.4) is 0 Å². The molecule has 4 nitrogen and oxygen atoms in total. The molecule has 0 saturated heterocycles. The summed E-state index contributed by atoms with van der Waals surface area (Å²) < 4.78 is 0. The molecule has 9 aromatic rings. The van der Waals surface area contributed by atoms with Crippen molar-refractivity contribution in [3.63, 3.8) is 0 Å². The number of hydrogen-bond donors (Lipinski definition) is 0. The summed E-state index contributed by atoms with van der Waals surface area (Å²) in [5.74, 6) is 0. The van der Waals surface area contributed by atoms with Crippen molar-refractivity contribution in [2.45, 2.75) is 27.7 Å². The van der Waals surface area contributed by atoms with Crippen molar-refractivity contribution in [2.24, 2.45) is 0 Å². The third-order valence-corrected chi connectivity index (χ3v) is 9.95. The number of fused-ring (bicyclic) bond motifs is 6. The Bertz CT molecular complexity index is 2590. The molecule has 0 aliphatic heterocycles. The van der Waals surface area contributed by atoms with E-state index >= 15 is 0 Å². The number of aromatic nitrogens is 4. The lowest BCUT2D eigenvalue weighted by Gasteiger charge is -2.14. The molecule has 0 radical (unpaired) electrons. The number of rotatable bonds is 4. The van der Waals surface area contributed by atoms with Gasteiger partial charge in [0.1, 0.15) is 0 Å². The second-order valence-corrected chi connectivity index (χ2v) is 13.3. The van der Waals surface area contributed by atoms with Gasteiger partial charge in [-0.2, -0.15) is 0 Å². The molecule has 50 heavy (non-hydrogen) atoms. The Labute approximate surface area is 291 Å². The van der Waals surface area contributed by atoms with E-state index in [-0.39, 0.29) is 0 Å². The molecule has 5 aromatic carbocycles. The summed E-state index contributed by atoms with van der Waals surface area (Å²) in [7, 11) is 0. The molecule has 0 unspecified atom stereocenters. The van der Waals surface area contributed by atoms with Crippen LogP contribution in [0.15, 0.2) is 133 Å². The van der Waals surface area contributed by atoms with Gasteiger partial charge < -0.3 is 0 Å². The summed E-state index contributed by atoms with van der Waals surface area (Å²) in [4.78, 5) is 20.9. The summed E-state index contributed by atoms with van der Waals surface area (Å²) in [5.41, 5.74) is 16.6. The van der Waals surface area contributed by atoms with Gasteiger partial charge in [-0.05, 0) is 86.3 Å². The van der Waals surface area contributed by atoms with Crippen LogP contribution in [0.25, 0.3) is 88.6 Å². The zero-order valence-electron chi connectivity index (χ0n) is 28.5. The van der Waals surface area contributed by atoms with E-state index < -0.39 is 0 Å². The predicted molar refractivity (Wildman–Crippen MR) is 208 cm³/mol. The van der Waals surface area contributed by atoms with E-state index in [0.717, 1.165) is 99.8 Å². The predicted octanol–water partition coefficient (Wildman–Crippen LogP) is 11.8. The molecule has 0 aliphatic carbocycles. The third-order valence-electron chi connectivity index (χ3n) is 9.95. The molecule has 0 bridgehead atoms. The van der Waals surface area contributed by atoms with Crippen LogP contribution < -0.4 is 0 Å². The monoisotopic (exact) mass is 642 g/mol. The van der Waals surface area contributed by atoms with Crippen molar-refractivity contribution in [3.05, 3.63) is 156 Å². The highest BCUT2D eigenvalue weighted by Crippen LogP contribution is 2.36. The molecule has 4 heteroatoms. The van der Waals surface area contributed by atoms with E-state index in [1.165, 1.54) is 11.1 Å². The lowest BCUT2D eigenvalue weighted by Crippen LogP contribution is -1.96. The van der Waals surface area contributed by atoms with Gasteiger partial charge in [0.2, 0.25) is 0 Å². The summed E-state index contributed by atoms with van der Waals surface area (Å²) in [6.45, 7) is 8.64. The summed E-state index contributed by atoms with van der Waals surface area (Å²) in [6.07, 6.45) is 0. The van der Waals surface area contributed by atoms with E-state index in [4.69, 9.17) is 19.9 Å². The Hall–Kier alpha value is -6.26. The van der Waals surface area contributed by atoms with Gasteiger partial charge in [0, 0.05) is 43.8 Å². The molecule has 4 aromatic heterocycles. The number of benzene rings is 5. The molecule has 0 N–H and O–H groups in total. The zero-order valence-corrected chi connectivity index (χ0v) is 28.5. The van der Waals surface area contributed by atoms with Crippen molar-refractivity contribution in [1.29, 1.82) is 0 Å². The first-order chi connectivity index (χ1) is 24.4. The zero-order chi connectivity index (χ0) is 33.9. The molecule has 0 atom stereocenters. The molecule has 0 aliphatic rings. The maximum atomic E-state index is 5.28. The fourth-order valence-corrected chi connectivity index (χ4v) is 7.26. The first-order valence-corrected chi connectivity index (χ1v) is 17.1. The third kappa shape index (κ3) is 5.00. The quantitative estimate of drug-likeness (QED) is 0.179. The van der Waals surface area contributed by atoms with Crippen molar-refractivity contribution in [1.82, 2.24) is 19.9 Å². The SMILES string of the molecule is Cc1cc(-c2ccc3ccc4c(C)cc(-c5ccccc5)nc4c3n2)c(C)cc1-c1ccc2ccc3c(C)cc(-c4ccccc4)nc3c2n1. The average molecular weight is 643 g/mol. The highest BCUT2D eigenvalue weighted by molar-refractivity contribution is 6.06. The number of aryl methyl sites for hydroxylation is 4. The van der Waals surface area contributed by atoms with Crippen molar-refractivity contribution in [3.8, 4) is 45.0 Å². The fourth-order valence-electron chi connectivity index (χ4n) is 7.26. The highest BCUT2D eigenvalue weighted by Gasteiger charge is 2.16. The molecule has 9 rings (SSSR count). The Morgan fingerprint density at radius 1 is 0.320 bits per heavy atom. The minimum Gasteiger partial charge on any atom is -0.245 e. The molecule has 0 fully saturated rings. The smallest absolute Gasteiger partial charge is 0.0975 e. The first kappa shape index (κ1) is 29.8. The summed E-state index contributed by atoms with van der Waals surface area (Å²) in [6, 6.07) is 46.8. The topological polar surface area (TPSA) is 51.6 Å². The highest BCUT2D eigenvalue weighted by atomic mass is 14.8. The molecule has 0 amide bonds. The fraction of sp³-hybridized carbons (Fsp3) is 0.0870. The standard InChI is InChI=1S/C46H34N4/c1-27-23-38(40-22-18-34-16-20-36-30(4)26-42(32-13-9-6-10-14-32)50-46(36)44(34)48-40)28(2)24-37(27)39-21-17-33-15-19-35-29(3)25-41(31-11-7-5-8-12-31)49-45(35)43(33)47-39/h5-26H,1-4H3. The van der Waals surface area contributed by atoms with E-state index in [2.05, 4.69) is 149 Å². The van der Waals surface area contributed by atoms with Crippen LogP contribution >= 0.6 is 0 Å². The minimum absolute atomic E-state index is 0.919. The van der Waals surface area contributed by atoms with Crippen molar-refractivity contribution in [2.75, 3.05) is 0 Å². The number of hydrogen-bond acceptors (Lipinski definition) is 4. The van der Waals surface area contributed by atoms with Crippen LogP contribution in [-0.4, -0.2) is 19.9 Å². The van der Waals surface area contributed by atoms with Crippen LogP contribution in [0, 0.1) is 27.7 Å². The Morgan fingerprint density at radius 3 is 1.12 bits per heavy atom. The van der Waals surface area contributed by atoms with Crippen molar-refractivity contribution < 1.29 is 0 Å². The minimum atomic E-state index is 0.919. The lowest BCUT2D eigenvalue weighted by molar-refractivity contribution is 1.30.